The molecule has 1 N–H and O–H groups in total. The first-order valence-corrected chi connectivity index (χ1v) is 5.90. The van der Waals surface area contributed by atoms with Gasteiger partial charge in [0.15, 0.2) is 0 Å². The van der Waals surface area contributed by atoms with E-state index in [0.717, 1.165) is 0 Å². The van der Waals surface area contributed by atoms with Crippen LogP contribution in [0, 0.1) is 0 Å². The number of fused-ring (bicyclic) bond motifs is 1. The molecule has 1 atom stereocenters. The fraction of sp³-hybridized carbons (Fsp3) is 0.333. The minimum Gasteiger partial charge on any atom is -0.496 e. The normalized spacial score (nSPS) is 12.7. The molecule has 18 heavy (non-hydrogen) atoms. The second-order valence-electron chi connectivity index (χ2n) is 3.88. The number of aromatic nitrogens is 2. The number of hydrogen-bond acceptors (Lipinski definition) is 4. The maximum Gasteiger partial charge on any atom is 0.267 e. The summed E-state index contributed by atoms with van der Waals surface area (Å²) in [7, 11) is 3.27. The first-order chi connectivity index (χ1) is 8.60. The van der Waals surface area contributed by atoms with E-state index in [1.54, 1.807) is 25.2 Å². The van der Waals surface area contributed by atoms with Crippen LogP contribution in [0.25, 0.3) is 10.9 Å². The largest absolute Gasteiger partial charge is 0.496 e. The summed E-state index contributed by atoms with van der Waals surface area (Å²) in [5.74, 6) is 0.499. The van der Waals surface area contributed by atoms with E-state index in [9.17, 15) is 4.79 Å². The second kappa shape index (κ2) is 4.96. The second-order valence-corrected chi connectivity index (χ2v) is 4.21. The van der Waals surface area contributed by atoms with E-state index in [4.69, 9.17) is 16.3 Å². The molecule has 0 aliphatic carbocycles. The topological polar surface area (TPSA) is 56.1 Å². The van der Waals surface area contributed by atoms with Crippen molar-refractivity contribution in [1.82, 2.24) is 14.9 Å². The van der Waals surface area contributed by atoms with Crippen molar-refractivity contribution in [2.45, 2.75) is 13.1 Å². The Balaban J connectivity index is 2.87. The zero-order valence-electron chi connectivity index (χ0n) is 10.4. The number of rotatable bonds is 3. The van der Waals surface area contributed by atoms with E-state index in [0.29, 0.717) is 16.7 Å². The first kappa shape index (κ1) is 12.9. The smallest absolute Gasteiger partial charge is 0.267 e. The molecule has 96 valence electrons. The van der Waals surface area contributed by atoms with Crippen LogP contribution in [0.2, 0.25) is 5.28 Å². The number of benzene rings is 1. The monoisotopic (exact) mass is 267 g/mol. The third-order valence-electron chi connectivity index (χ3n) is 2.87. The van der Waals surface area contributed by atoms with Crippen LogP contribution in [0.15, 0.2) is 23.0 Å². The third-order valence-corrected chi connectivity index (χ3v) is 3.14. The van der Waals surface area contributed by atoms with Crippen molar-refractivity contribution >= 4 is 22.5 Å². The Kier molecular flexibility index (Phi) is 3.54. The van der Waals surface area contributed by atoms with Gasteiger partial charge in [-0.25, -0.2) is 4.98 Å². The molecule has 0 aliphatic rings. The Bertz CT molecular complexity index is 639. The Morgan fingerprint density at radius 1 is 1.50 bits per heavy atom. The molecule has 6 heteroatoms. The average molecular weight is 268 g/mol. The lowest BCUT2D eigenvalue weighted by molar-refractivity contribution is 0.417. The summed E-state index contributed by atoms with van der Waals surface area (Å²) in [5.41, 5.74) is 0.313. The van der Waals surface area contributed by atoms with Gasteiger partial charge in [0.1, 0.15) is 11.1 Å². The minimum absolute atomic E-state index is 0.155. The molecule has 0 fully saturated rings. The van der Waals surface area contributed by atoms with Crippen molar-refractivity contribution in [3.05, 3.63) is 33.8 Å². The lowest BCUT2D eigenvalue weighted by atomic mass is 10.2. The number of nitrogens with one attached hydrogen (secondary N) is 1. The van der Waals surface area contributed by atoms with Gasteiger partial charge in [-0.3, -0.25) is 9.36 Å². The molecule has 0 bridgehead atoms. The number of methoxy groups -OCH3 is 1. The average Bonchev–Trinajstić information content (AvgIpc) is 2.37. The molecule has 1 heterocycles. The SMILES string of the molecule is CNC(C)n1c(Cl)nc2cccc(OC)c2c1=O. The number of ether oxygens (including phenoxy) is 1. The Labute approximate surface area is 109 Å². The van der Waals surface area contributed by atoms with Crippen LogP contribution in [-0.2, 0) is 0 Å². The van der Waals surface area contributed by atoms with Gasteiger partial charge in [0.25, 0.3) is 5.56 Å². The summed E-state index contributed by atoms with van der Waals surface area (Å²) in [6, 6.07) is 5.24. The molecule has 0 saturated heterocycles. The van der Waals surface area contributed by atoms with Gasteiger partial charge in [0, 0.05) is 0 Å². The van der Waals surface area contributed by atoms with Crippen LogP contribution in [0.3, 0.4) is 0 Å². The van der Waals surface area contributed by atoms with E-state index < -0.39 is 0 Å². The highest BCUT2D eigenvalue weighted by atomic mass is 35.5. The maximum atomic E-state index is 12.4. The molecule has 0 amide bonds. The Morgan fingerprint density at radius 2 is 2.22 bits per heavy atom. The molecular formula is C12H14ClN3O2. The summed E-state index contributed by atoms with van der Waals surface area (Å²) in [6.07, 6.45) is -0.244. The lowest BCUT2D eigenvalue weighted by Crippen LogP contribution is -2.31. The highest BCUT2D eigenvalue weighted by molar-refractivity contribution is 6.28. The van der Waals surface area contributed by atoms with Crippen LogP contribution in [0.5, 0.6) is 5.75 Å². The summed E-state index contributed by atoms with van der Waals surface area (Å²) < 4.78 is 6.59. The Morgan fingerprint density at radius 3 is 2.83 bits per heavy atom. The number of nitrogens with zero attached hydrogens (tertiary/aromatic N) is 2. The fourth-order valence-electron chi connectivity index (χ4n) is 1.82. The predicted octanol–water partition coefficient (Wildman–Crippen LogP) is 1.80. The maximum absolute atomic E-state index is 12.4. The molecule has 0 saturated carbocycles. The standard InChI is InChI=1S/C12H14ClN3O2/c1-7(14-2)16-11(17)10-8(15-12(16)13)5-4-6-9(10)18-3/h4-7,14H,1-3H3. The van der Waals surface area contributed by atoms with E-state index in [2.05, 4.69) is 10.3 Å². The Hall–Kier alpha value is -1.59. The van der Waals surface area contributed by atoms with Crippen molar-refractivity contribution in [1.29, 1.82) is 0 Å². The number of hydrogen-bond donors (Lipinski definition) is 1. The molecule has 0 radical (unpaired) electrons. The minimum atomic E-state index is -0.244. The zero-order chi connectivity index (χ0) is 13.3. The van der Waals surface area contributed by atoms with E-state index in [1.165, 1.54) is 11.7 Å². The van der Waals surface area contributed by atoms with Crippen LogP contribution >= 0.6 is 11.6 Å². The quantitative estimate of drug-likeness (QED) is 0.862. The van der Waals surface area contributed by atoms with Gasteiger partial charge in [0.05, 0.1) is 18.8 Å². The van der Waals surface area contributed by atoms with Gasteiger partial charge >= 0.3 is 0 Å². The summed E-state index contributed by atoms with van der Waals surface area (Å²) in [6.45, 7) is 1.83. The van der Waals surface area contributed by atoms with Gasteiger partial charge in [-0.1, -0.05) is 6.07 Å². The predicted molar refractivity (Wildman–Crippen MR) is 71.3 cm³/mol. The van der Waals surface area contributed by atoms with Crippen molar-refractivity contribution in [3.63, 3.8) is 0 Å². The fourth-order valence-corrected chi connectivity index (χ4v) is 2.13. The number of halogens is 1. The van der Waals surface area contributed by atoms with Crippen LogP contribution in [0.4, 0.5) is 0 Å². The van der Waals surface area contributed by atoms with E-state index >= 15 is 0 Å². The van der Waals surface area contributed by atoms with Gasteiger partial charge < -0.3 is 10.1 Å². The molecule has 1 aromatic carbocycles. The molecular weight excluding hydrogens is 254 g/mol. The van der Waals surface area contributed by atoms with Crippen LogP contribution < -0.4 is 15.6 Å². The molecule has 2 aromatic rings. The van der Waals surface area contributed by atoms with Gasteiger partial charge in [-0.15, -0.1) is 0 Å². The van der Waals surface area contributed by atoms with Crippen molar-refractivity contribution < 1.29 is 4.74 Å². The summed E-state index contributed by atoms with van der Waals surface area (Å²) >= 11 is 6.05. The van der Waals surface area contributed by atoms with Crippen LogP contribution in [-0.4, -0.2) is 23.7 Å². The summed E-state index contributed by atoms with van der Waals surface area (Å²) in [4.78, 5) is 16.7. The van der Waals surface area contributed by atoms with Gasteiger partial charge in [0.2, 0.25) is 5.28 Å². The molecule has 0 spiro atoms. The highest BCUT2D eigenvalue weighted by Gasteiger charge is 2.16. The lowest BCUT2D eigenvalue weighted by Gasteiger charge is -2.16. The molecule has 0 aliphatic heterocycles. The van der Waals surface area contributed by atoms with Gasteiger partial charge in [-0.2, -0.15) is 0 Å². The summed E-state index contributed by atoms with van der Waals surface area (Å²) in [5, 5.41) is 3.55. The molecule has 1 unspecified atom stereocenters. The highest BCUT2D eigenvalue weighted by Crippen LogP contribution is 2.22. The van der Waals surface area contributed by atoms with Crippen molar-refractivity contribution in [2.75, 3.05) is 14.2 Å². The van der Waals surface area contributed by atoms with E-state index in [-0.39, 0.29) is 17.0 Å². The first-order valence-electron chi connectivity index (χ1n) is 5.52. The van der Waals surface area contributed by atoms with Crippen LogP contribution in [0.1, 0.15) is 13.1 Å². The van der Waals surface area contributed by atoms with Gasteiger partial charge in [-0.05, 0) is 37.7 Å². The van der Waals surface area contributed by atoms with E-state index in [1.807, 2.05) is 6.92 Å². The van der Waals surface area contributed by atoms with Crippen molar-refractivity contribution in [3.8, 4) is 5.75 Å². The van der Waals surface area contributed by atoms with Crippen molar-refractivity contribution in [2.24, 2.45) is 0 Å². The molecule has 5 nitrogen and oxygen atoms in total. The molecule has 1 aromatic heterocycles. The zero-order valence-corrected chi connectivity index (χ0v) is 11.2. The molecule has 2 rings (SSSR count). The third kappa shape index (κ3) is 1.95.